The summed E-state index contributed by atoms with van der Waals surface area (Å²) in [5.41, 5.74) is 1.38. The fraction of sp³-hybridized carbons (Fsp3) is 0.600. The summed E-state index contributed by atoms with van der Waals surface area (Å²) in [6.45, 7) is 6.19. The first-order valence-electron chi connectivity index (χ1n) is 6.93. The third-order valence-corrected chi connectivity index (χ3v) is 3.64. The van der Waals surface area contributed by atoms with Gasteiger partial charge >= 0.3 is 0 Å². The molecule has 1 aromatic rings. The van der Waals surface area contributed by atoms with Gasteiger partial charge in [0.05, 0.1) is 6.61 Å². The van der Waals surface area contributed by atoms with Crippen LogP contribution in [0.25, 0.3) is 0 Å². The molecule has 2 rings (SSSR count). The molecule has 1 N–H and O–H groups in total. The van der Waals surface area contributed by atoms with Crippen LogP contribution in [0.1, 0.15) is 25.3 Å². The van der Waals surface area contributed by atoms with Crippen LogP contribution in [-0.4, -0.2) is 37.7 Å². The summed E-state index contributed by atoms with van der Waals surface area (Å²) in [7, 11) is 2.06. The van der Waals surface area contributed by atoms with Crippen LogP contribution >= 0.6 is 12.4 Å². The first-order chi connectivity index (χ1) is 8.81. The van der Waals surface area contributed by atoms with Crippen molar-refractivity contribution >= 4 is 12.4 Å². The van der Waals surface area contributed by atoms with Crippen molar-refractivity contribution in [3.8, 4) is 5.75 Å². The van der Waals surface area contributed by atoms with Gasteiger partial charge in [-0.1, -0.05) is 12.1 Å². The van der Waals surface area contributed by atoms with Crippen molar-refractivity contribution in [1.82, 2.24) is 10.2 Å². The van der Waals surface area contributed by atoms with E-state index in [4.69, 9.17) is 4.74 Å². The number of nitrogens with one attached hydrogen (secondary N) is 1. The molecule has 0 spiro atoms. The molecule has 1 aliphatic rings. The minimum absolute atomic E-state index is 0. The molecule has 1 aliphatic heterocycles. The highest BCUT2D eigenvalue weighted by Crippen LogP contribution is 2.16. The van der Waals surface area contributed by atoms with Crippen molar-refractivity contribution in [2.24, 2.45) is 0 Å². The smallest absolute Gasteiger partial charge is 0.119 e. The molecule has 1 fully saturated rings. The lowest BCUT2D eigenvalue weighted by Gasteiger charge is -2.31. The number of ether oxygens (including phenoxy) is 1. The Hall–Kier alpha value is -0.770. The van der Waals surface area contributed by atoms with Crippen molar-refractivity contribution in [2.45, 2.75) is 32.4 Å². The Bertz CT molecular complexity index is 348. The van der Waals surface area contributed by atoms with Gasteiger partial charge in [0, 0.05) is 12.6 Å². The molecule has 0 bridgehead atoms. The van der Waals surface area contributed by atoms with Gasteiger partial charge in [0.25, 0.3) is 0 Å². The Balaban J connectivity index is 0.00000180. The van der Waals surface area contributed by atoms with E-state index in [0.717, 1.165) is 18.9 Å². The molecule has 3 nitrogen and oxygen atoms in total. The van der Waals surface area contributed by atoms with E-state index >= 15 is 0 Å². The lowest BCUT2D eigenvalue weighted by atomic mass is 10.0. The molecule has 0 unspecified atom stereocenters. The van der Waals surface area contributed by atoms with Crippen molar-refractivity contribution in [2.75, 3.05) is 26.7 Å². The van der Waals surface area contributed by atoms with Crippen molar-refractivity contribution in [3.63, 3.8) is 0 Å². The van der Waals surface area contributed by atoms with Gasteiger partial charge in [-0.3, -0.25) is 4.90 Å². The van der Waals surface area contributed by atoms with Crippen molar-refractivity contribution in [1.29, 1.82) is 0 Å². The Kier molecular flexibility index (Phi) is 7.21. The summed E-state index contributed by atoms with van der Waals surface area (Å²) in [6, 6.07) is 9.20. The molecule has 0 saturated carbocycles. The van der Waals surface area contributed by atoms with E-state index in [9.17, 15) is 0 Å². The van der Waals surface area contributed by atoms with E-state index in [1.807, 2.05) is 6.92 Å². The van der Waals surface area contributed by atoms with Gasteiger partial charge in [-0.15, -0.1) is 12.4 Å². The number of likely N-dealkylation sites (tertiary alicyclic amines) is 1. The van der Waals surface area contributed by atoms with Gasteiger partial charge in [0.15, 0.2) is 0 Å². The molecule has 1 aromatic carbocycles. The van der Waals surface area contributed by atoms with E-state index in [1.165, 1.54) is 31.5 Å². The maximum absolute atomic E-state index is 5.46. The number of hydrogen-bond acceptors (Lipinski definition) is 3. The summed E-state index contributed by atoms with van der Waals surface area (Å²) in [4.78, 5) is 2.53. The second kappa shape index (κ2) is 8.41. The Morgan fingerprint density at radius 1 is 1.21 bits per heavy atom. The largest absolute Gasteiger partial charge is 0.494 e. The number of piperidine rings is 1. The van der Waals surface area contributed by atoms with E-state index in [2.05, 4.69) is 41.5 Å². The molecule has 0 amide bonds. The van der Waals surface area contributed by atoms with Gasteiger partial charge in [0.2, 0.25) is 0 Å². The maximum Gasteiger partial charge on any atom is 0.119 e. The summed E-state index contributed by atoms with van der Waals surface area (Å²) >= 11 is 0. The quantitative estimate of drug-likeness (QED) is 0.900. The highest BCUT2D eigenvalue weighted by Gasteiger charge is 2.17. The maximum atomic E-state index is 5.46. The van der Waals surface area contributed by atoms with Crippen LogP contribution in [-0.2, 0) is 6.54 Å². The average Bonchev–Trinajstić information content (AvgIpc) is 2.42. The molecule has 0 atom stereocenters. The standard InChI is InChI=1S/C15H24N2O.ClH/c1-3-18-15-6-4-13(5-7-15)12-17-10-8-14(16-2)9-11-17;/h4-7,14,16H,3,8-12H2,1-2H3;1H. The minimum atomic E-state index is 0. The number of nitrogens with zero attached hydrogens (tertiary/aromatic N) is 1. The second-order valence-corrected chi connectivity index (χ2v) is 4.92. The molecule has 108 valence electrons. The van der Waals surface area contributed by atoms with Gasteiger partial charge < -0.3 is 10.1 Å². The van der Waals surface area contributed by atoms with Gasteiger partial charge in [-0.2, -0.15) is 0 Å². The first-order valence-corrected chi connectivity index (χ1v) is 6.93. The van der Waals surface area contributed by atoms with Crippen LogP contribution in [0.4, 0.5) is 0 Å². The predicted octanol–water partition coefficient (Wildman–Crippen LogP) is 2.69. The molecule has 19 heavy (non-hydrogen) atoms. The summed E-state index contributed by atoms with van der Waals surface area (Å²) in [6.07, 6.45) is 2.51. The van der Waals surface area contributed by atoms with E-state index in [0.29, 0.717) is 6.04 Å². The highest BCUT2D eigenvalue weighted by atomic mass is 35.5. The van der Waals surface area contributed by atoms with Crippen LogP contribution in [0.15, 0.2) is 24.3 Å². The fourth-order valence-corrected chi connectivity index (χ4v) is 2.50. The summed E-state index contributed by atoms with van der Waals surface area (Å²) in [5.74, 6) is 0.968. The Morgan fingerprint density at radius 2 is 1.84 bits per heavy atom. The zero-order valence-electron chi connectivity index (χ0n) is 11.9. The van der Waals surface area contributed by atoms with E-state index < -0.39 is 0 Å². The van der Waals surface area contributed by atoms with Gasteiger partial charge in [-0.25, -0.2) is 0 Å². The van der Waals surface area contributed by atoms with Crippen molar-refractivity contribution < 1.29 is 4.74 Å². The lowest BCUT2D eigenvalue weighted by molar-refractivity contribution is 0.194. The topological polar surface area (TPSA) is 24.5 Å². The fourth-order valence-electron chi connectivity index (χ4n) is 2.50. The first kappa shape index (κ1) is 16.3. The number of halogens is 1. The zero-order valence-corrected chi connectivity index (χ0v) is 12.7. The molecule has 1 saturated heterocycles. The van der Waals surface area contributed by atoms with Crippen LogP contribution in [0.2, 0.25) is 0 Å². The lowest BCUT2D eigenvalue weighted by Crippen LogP contribution is -2.40. The Morgan fingerprint density at radius 3 is 2.37 bits per heavy atom. The monoisotopic (exact) mass is 284 g/mol. The Labute approximate surface area is 122 Å². The average molecular weight is 285 g/mol. The van der Waals surface area contributed by atoms with E-state index in [-0.39, 0.29) is 12.4 Å². The molecular formula is C15H25ClN2O. The molecule has 0 radical (unpaired) electrons. The number of hydrogen-bond donors (Lipinski definition) is 1. The van der Waals surface area contributed by atoms with Crippen LogP contribution in [0, 0.1) is 0 Å². The highest BCUT2D eigenvalue weighted by molar-refractivity contribution is 5.85. The van der Waals surface area contributed by atoms with E-state index in [1.54, 1.807) is 0 Å². The minimum Gasteiger partial charge on any atom is -0.494 e. The van der Waals surface area contributed by atoms with Gasteiger partial charge in [0.1, 0.15) is 5.75 Å². The third-order valence-electron chi connectivity index (χ3n) is 3.64. The van der Waals surface area contributed by atoms with Crippen LogP contribution in [0.5, 0.6) is 5.75 Å². The molecule has 1 heterocycles. The van der Waals surface area contributed by atoms with Crippen LogP contribution < -0.4 is 10.1 Å². The van der Waals surface area contributed by atoms with Gasteiger partial charge in [-0.05, 0) is 57.6 Å². The normalized spacial score (nSPS) is 16.9. The molecular weight excluding hydrogens is 260 g/mol. The predicted molar refractivity (Wildman–Crippen MR) is 82.2 cm³/mol. The molecule has 4 heteroatoms. The second-order valence-electron chi connectivity index (χ2n) is 4.92. The number of benzene rings is 1. The zero-order chi connectivity index (χ0) is 12.8. The summed E-state index contributed by atoms with van der Waals surface area (Å²) in [5, 5.41) is 3.37. The molecule has 0 aliphatic carbocycles. The van der Waals surface area contributed by atoms with Crippen LogP contribution in [0.3, 0.4) is 0 Å². The summed E-state index contributed by atoms with van der Waals surface area (Å²) < 4.78 is 5.46. The SMILES string of the molecule is CCOc1ccc(CN2CCC(NC)CC2)cc1.Cl. The van der Waals surface area contributed by atoms with Crippen molar-refractivity contribution in [3.05, 3.63) is 29.8 Å². The number of rotatable bonds is 5. The molecule has 0 aromatic heterocycles. The third kappa shape index (κ3) is 5.01.